The third kappa shape index (κ3) is 20.2. The summed E-state index contributed by atoms with van der Waals surface area (Å²) in [4.78, 5) is 39.1. The maximum Gasteiger partial charge on any atom is 0.267 e. The fourth-order valence-electron chi connectivity index (χ4n) is 5.01. The highest BCUT2D eigenvalue weighted by Crippen LogP contribution is 2.33. The Balaban J connectivity index is 0.000000251. The van der Waals surface area contributed by atoms with Crippen molar-refractivity contribution in [2.24, 2.45) is 0 Å². The van der Waals surface area contributed by atoms with Crippen LogP contribution in [0.1, 0.15) is 0 Å². The quantitative estimate of drug-likeness (QED) is 0.0331. The second-order valence-corrected chi connectivity index (χ2v) is 18.8. The van der Waals surface area contributed by atoms with Gasteiger partial charge in [-0.3, -0.25) is 9.59 Å². The highest BCUT2D eigenvalue weighted by atomic mass is 35.5. The number of nitrogens with zero attached hydrogens (tertiary/aromatic N) is 4. The van der Waals surface area contributed by atoms with Gasteiger partial charge in [0.15, 0.2) is 31.2 Å². The number of aromatic nitrogens is 4. The first-order valence-corrected chi connectivity index (χ1v) is 24.6. The Morgan fingerprint density at radius 2 is 1.09 bits per heavy atom. The zero-order valence-corrected chi connectivity index (χ0v) is 40.1. The molecule has 364 valence electrons. The molecule has 0 saturated carbocycles. The van der Waals surface area contributed by atoms with Crippen molar-refractivity contribution in [1.82, 2.24) is 19.9 Å². The number of hydrogen-bond donors (Lipinski definition) is 4. The lowest BCUT2D eigenvalue weighted by Gasteiger charge is -2.12. The van der Waals surface area contributed by atoms with Crippen LogP contribution in [0.4, 0.5) is 28.7 Å². The van der Waals surface area contributed by atoms with Crippen LogP contribution in [0.25, 0.3) is 0 Å². The molecule has 0 saturated heterocycles. The van der Waals surface area contributed by atoms with Gasteiger partial charge >= 0.3 is 0 Å². The number of halogens is 1. The van der Waals surface area contributed by atoms with E-state index in [1.165, 1.54) is 45.0 Å². The number of methoxy groups -OCH3 is 2. The highest BCUT2D eigenvalue weighted by Gasteiger charge is 2.13. The van der Waals surface area contributed by atoms with Crippen molar-refractivity contribution >= 4 is 71.8 Å². The Morgan fingerprint density at radius 3 is 1.54 bits per heavy atom. The van der Waals surface area contributed by atoms with E-state index in [1.54, 1.807) is 97.1 Å². The molecule has 0 aliphatic rings. The molecule has 6 aromatic rings. The molecule has 0 aliphatic carbocycles. The van der Waals surface area contributed by atoms with Gasteiger partial charge in [-0.2, -0.15) is 9.97 Å². The summed E-state index contributed by atoms with van der Waals surface area (Å²) in [6.45, 7) is 7.06. The number of carbonyl (C=O) groups is 2. The van der Waals surface area contributed by atoms with E-state index in [4.69, 9.17) is 45.8 Å². The van der Waals surface area contributed by atoms with Crippen molar-refractivity contribution in [1.29, 1.82) is 0 Å². The molecular formula is C46H49ClN8O12S2. The van der Waals surface area contributed by atoms with Crippen LogP contribution < -0.4 is 50.1 Å². The fraction of sp³-hybridized carbons (Fsp3) is 0.174. The van der Waals surface area contributed by atoms with Crippen molar-refractivity contribution in [2.45, 2.75) is 0 Å². The number of sulfone groups is 2. The van der Waals surface area contributed by atoms with E-state index < -0.39 is 19.7 Å². The molecule has 2 aromatic heterocycles. The van der Waals surface area contributed by atoms with E-state index in [2.05, 4.69) is 49.0 Å². The van der Waals surface area contributed by atoms with E-state index >= 15 is 0 Å². The van der Waals surface area contributed by atoms with Crippen LogP contribution in [0.3, 0.4) is 0 Å². The van der Waals surface area contributed by atoms with Crippen LogP contribution in [-0.4, -0.2) is 100 Å². The average molecular weight is 1010 g/mol. The van der Waals surface area contributed by atoms with Crippen LogP contribution in [0.2, 0.25) is 5.28 Å². The molecule has 0 aliphatic heterocycles. The standard InChI is InChI=1S/C23H24N4O6S.C14H12ClN3O3.C9H13NO3S/c1-4-21(28)25-17-6-5-7-19(14-17)33-22-20(31-2)15-24-23(27-22)26-16-8-10-18(11-9-16)32-12-13-34(3,29)30;1-3-12(19)17-9-5-4-6-10(7-9)21-13-11(20-2)8-16-14(15)18-13;1-14(11,12)7-6-13-9-4-2-8(10)3-5-9/h4-11,14-15H,1,12-13H2,2-3H3,(H,25,28)(H,24,26,27);3-8H,1H2,2H3,(H,17,19);2-5H,6-7,10H2,1H3. The van der Waals surface area contributed by atoms with Crippen molar-refractivity contribution in [2.75, 3.05) is 73.1 Å². The number of benzene rings is 4. The molecule has 69 heavy (non-hydrogen) atoms. The first-order valence-electron chi connectivity index (χ1n) is 20.1. The molecular weight excluding hydrogens is 956 g/mol. The predicted molar refractivity (Wildman–Crippen MR) is 264 cm³/mol. The number of rotatable bonds is 20. The van der Waals surface area contributed by atoms with E-state index in [9.17, 15) is 26.4 Å². The third-order valence-corrected chi connectivity index (χ3v) is 10.3. The zero-order chi connectivity index (χ0) is 50.4. The predicted octanol–water partition coefficient (Wildman–Crippen LogP) is 7.32. The summed E-state index contributed by atoms with van der Waals surface area (Å²) in [5, 5.41) is 8.39. The zero-order valence-electron chi connectivity index (χ0n) is 37.7. The van der Waals surface area contributed by atoms with Crippen LogP contribution in [0.15, 0.2) is 135 Å². The monoisotopic (exact) mass is 1000 g/mol. The van der Waals surface area contributed by atoms with Crippen LogP contribution in [0.5, 0.6) is 46.3 Å². The van der Waals surface area contributed by atoms with Gasteiger partial charge in [0.25, 0.3) is 11.8 Å². The SMILES string of the molecule is C=CC(=O)Nc1cccc(Oc2nc(Cl)ncc2OC)c1.C=CC(=O)Nc1cccc(Oc2nc(Nc3ccc(OCCS(C)(=O)=O)cc3)ncc2OC)c1.CS(=O)(=O)CCOc1ccc(N)cc1. The second-order valence-electron chi connectivity index (χ2n) is 13.9. The molecule has 2 amide bonds. The van der Waals surface area contributed by atoms with Crippen molar-refractivity contribution in [3.05, 3.63) is 140 Å². The Hall–Kier alpha value is -7.95. The summed E-state index contributed by atoms with van der Waals surface area (Å²) < 4.78 is 76.4. The summed E-state index contributed by atoms with van der Waals surface area (Å²) >= 11 is 5.73. The lowest BCUT2D eigenvalue weighted by molar-refractivity contribution is -0.112. The lowest BCUT2D eigenvalue weighted by atomic mass is 10.3. The minimum absolute atomic E-state index is 0.0252. The Kier molecular flexibility index (Phi) is 20.5. The molecule has 2 heterocycles. The van der Waals surface area contributed by atoms with Crippen LogP contribution in [-0.2, 0) is 29.3 Å². The van der Waals surface area contributed by atoms with Gasteiger partial charge in [0.1, 0.15) is 36.2 Å². The largest absolute Gasteiger partial charge is 0.493 e. The summed E-state index contributed by atoms with van der Waals surface area (Å²) in [5.74, 6) is 2.67. The van der Waals surface area contributed by atoms with Crippen molar-refractivity contribution in [3.8, 4) is 46.3 Å². The van der Waals surface area contributed by atoms with E-state index in [0.717, 1.165) is 6.26 Å². The Morgan fingerprint density at radius 1 is 0.638 bits per heavy atom. The number of anilines is 5. The summed E-state index contributed by atoms with van der Waals surface area (Å²) in [6.07, 6.45) is 7.58. The molecule has 4 aromatic carbocycles. The maximum absolute atomic E-state index is 11.5. The topological polar surface area (TPSA) is 271 Å². The molecule has 0 bridgehead atoms. The third-order valence-electron chi connectivity index (χ3n) is 8.29. The Bertz CT molecular complexity index is 2910. The van der Waals surface area contributed by atoms with Crippen LogP contribution in [0, 0.1) is 0 Å². The fourth-order valence-corrected chi connectivity index (χ4v) is 5.91. The number of nitrogens with two attached hydrogens (primary N) is 1. The molecule has 0 fully saturated rings. The normalized spacial score (nSPS) is 10.6. The molecule has 0 atom stereocenters. The summed E-state index contributed by atoms with van der Waals surface area (Å²) in [7, 11) is -3.09. The van der Waals surface area contributed by atoms with Crippen molar-refractivity contribution in [3.63, 3.8) is 0 Å². The second kappa shape index (κ2) is 26.4. The first-order chi connectivity index (χ1) is 32.8. The summed E-state index contributed by atoms with van der Waals surface area (Å²) in [6, 6.07) is 27.3. The van der Waals surface area contributed by atoms with Gasteiger partial charge in [-0.15, -0.1) is 0 Å². The number of nitrogens with one attached hydrogen (secondary N) is 3. The molecule has 5 N–H and O–H groups in total. The van der Waals surface area contributed by atoms with Gasteiger partial charge in [0, 0.05) is 47.4 Å². The molecule has 0 unspecified atom stereocenters. The molecule has 20 nitrogen and oxygen atoms in total. The Labute approximate surface area is 404 Å². The number of ether oxygens (including phenoxy) is 6. The highest BCUT2D eigenvalue weighted by molar-refractivity contribution is 7.90. The van der Waals surface area contributed by atoms with Gasteiger partial charge in [0.05, 0.1) is 38.1 Å². The van der Waals surface area contributed by atoms with Crippen molar-refractivity contribution < 1.29 is 54.8 Å². The van der Waals surface area contributed by atoms with E-state index in [1.807, 2.05) is 0 Å². The summed E-state index contributed by atoms with van der Waals surface area (Å²) in [5.41, 5.74) is 7.91. The van der Waals surface area contributed by atoms with Gasteiger partial charge in [-0.05, 0) is 96.5 Å². The molecule has 0 spiro atoms. The lowest BCUT2D eigenvalue weighted by Crippen LogP contribution is -2.12. The van der Waals surface area contributed by atoms with E-state index in [0.29, 0.717) is 57.2 Å². The van der Waals surface area contributed by atoms with Gasteiger partial charge in [-0.25, -0.2) is 26.8 Å². The van der Waals surface area contributed by atoms with Gasteiger partial charge in [-0.1, -0.05) is 25.3 Å². The average Bonchev–Trinajstić information content (AvgIpc) is 3.30. The minimum atomic E-state index is -3.08. The van der Waals surface area contributed by atoms with E-state index in [-0.39, 0.29) is 59.5 Å². The number of amides is 2. The van der Waals surface area contributed by atoms with Crippen LogP contribution >= 0.6 is 11.6 Å². The minimum Gasteiger partial charge on any atom is -0.493 e. The number of nitrogen functional groups attached to an aromatic ring is 1. The molecule has 6 rings (SSSR count). The van der Waals surface area contributed by atoms with Gasteiger partial charge < -0.3 is 50.1 Å². The first kappa shape index (κ1) is 53.7. The molecule has 0 radical (unpaired) electrons. The number of carbonyl (C=O) groups excluding carboxylic acids is 2. The molecule has 23 heteroatoms. The smallest absolute Gasteiger partial charge is 0.267 e. The maximum atomic E-state index is 11.5. The number of hydrogen-bond acceptors (Lipinski definition) is 18. The van der Waals surface area contributed by atoms with Gasteiger partial charge in [0.2, 0.25) is 23.0 Å².